The largest absolute Gasteiger partial charge is 0.325 e. The molecule has 148 valence electrons. The topological polar surface area (TPSA) is 67.2 Å². The number of hydrogen-bond acceptors (Lipinski definition) is 3. The number of carbonyl (C=O) groups is 2. The van der Waals surface area contributed by atoms with Gasteiger partial charge in [0.2, 0.25) is 11.8 Å². The van der Waals surface area contributed by atoms with Crippen LogP contribution in [0.1, 0.15) is 24.5 Å². The van der Waals surface area contributed by atoms with Crippen molar-refractivity contribution in [2.75, 3.05) is 16.8 Å². The average Bonchev–Trinajstić information content (AvgIpc) is 3.39. The van der Waals surface area contributed by atoms with Crippen molar-refractivity contribution < 1.29 is 9.59 Å². The van der Waals surface area contributed by atoms with Crippen LogP contribution in [0, 0.1) is 5.92 Å². The molecule has 6 nitrogen and oxygen atoms in total. The van der Waals surface area contributed by atoms with Crippen LogP contribution in [0.4, 0.5) is 11.4 Å². The molecule has 0 saturated carbocycles. The highest BCUT2D eigenvalue weighted by molar-refractivity contribution is 6.03. The van der Waals surface area contributed by atoms with Crippen LogP contribution in [0.15, 0.2) is 67.0 Å². The molecular formula is C23H24N4O2. The second kappa shape index (κ2) is 8.31. The second-order valence-corrected chi connectivity index (χ2v) is 7.28. The van der Waals surface area contributed by atoms with Gasteiger partial charge in [0.15, 0.2) is 0 Å². The van der Waals surface area contributed by atoms with Crippen LogP contribution in [0.2, 0.25) is 0 Å². The third-order valence-corrected chi connectivity index (χ3v) is 5.32. The average molecular weight is 388 g/mol. The SMILES string of the molecule is CCc1ccc(N2CC(C(=O)Nc3ccccc3Cn3cccn3)CC2=O)cc1. The van der Waals surface area contributed by atoms with Crippen molar-refractivity contribution in [3.63, 3.8) is 0 Å². The molecule has 0 aliphatic carbocycles. The Balaban J connectivity index is 1.45. The first-order valence-corrected chi connectivity index (χ1v) is 9.89. The van der Waals surface area contributed by atoms with E-state index >= 15 is 0 Å². The lowest BCUT2D eigenvalue weighted by molar-refractivity contribution is -0.122. The number of hydrogen-bond donors (Lipinski definition) is 1. The van der Waals surface area contributed by atoms with Crippen molar-refractivity contribution in [3.05, 3.63) is 78.1 Å². The number of aryl methyl sites for hydroxylation is 1. The van der Waals surface area contributed by atoms with E-state index in [-0.39, 0.29) is 24.2 Å². The highest BCUT2D eigenvalue weighted by atomic mass is 16.2. The van der Waals surface area contributed by atoms with Gasteiger partial charge in [0.05, 0.1) is 12.5 Å². The molecule has 0 radical (unpaired) electrons. The number of nitrogens with zero attached hydrogens (tertiary/aromatic N) is 3. The molecule has 2 aromatic carbocycles. The fraction of sp³-hybridized carbons (Fsp3) is 0.261. The normalized spacial score (nSPS) is 16.2. The molecule has 1 aromatic heterocycles. The number of nitrogens with one attached hydrogen (secondary N) is 1. The zero-order chi connectivity index (χ0) is 20.2. The molecule has 1 atom stereocenters. The van der Waals surface area contributed by atoms with Crippen molar-refractivity contribution >= 4 is 23.2 Å². The van der Waals surface area contributed by atoms with Gasteiger partial charge in [0.25, 0.3) is 0 Å². The third kappa shape index (κ3) is 4.21. The lowest BCUT2D eigenvalue weighted by Gasteiger charge is -2.17. The molecule has 2 heterocycles. The van der Waals surface area contributed by atoms with Crippen LogP contribution in [-0.4, -0.2) is 28.1 Å². The maximum atomic E-state index is 12.9. The molecule has 29 heavy (non-hydrogen) atoms. The van der Waals surface area contributed by atoms with Crippen LogP contribution >= 0.6 is 0 Å². The van der Waals surface area contributed by atoms with Gasteiger partial charge in [-0.1, -0.05) is 37.3 Å². The fourth-order valence-electron chi connectivity index (χ4n) is 3.63. The molecule has 6 heteroatoms. The quantitative estimate of drug-likeness (QED) is 0.703. The van der Waals surface area contributed by atoms with Gasteiger partial charge in [-0.3, -0.25) is 14.3 Å². The Morgan fingerprint density at radius 1 is 1.14 bits per heavy atom. The molecule has 3 aromatic rings. The van der Waals surface area contributed by atoms with E-state index in [4.69, 9.17) is 0 Å². The van der Waals surface area contributed by atoms with Crippen molar-refractivity contribution in [2.45, 2.75) is 26.3 Å². The summed E-state index contributed by atoms with van der Waals surface area (Å²) in [5.74, 6) is -0.510. The smallest absolute Gasteiger partial charge is 0.229 e. The number of carbonyl (C=O) groups excluding carboxylic acids is 2. The molecule has 1 aliphatic heterocycles. The summed E-state index contributed by atoms with van der Waals surface area (Å²) < 4.78 is 1.81. The summed E-state index contributed by atoms with van der Waals surface area (Å²) in [6, 6.07) is 17.5. The number of anilines is 2. The number of rotatable bonds is 6. The number of para-hydroxylation sites is 1. The first-order valence-electron chi connectivity index (χ1n) is 9.89. The Kier molecular flexibility index (Phi) is 5.42. The molecule has 0 spiro atoms. The van der Waals surface area contributed by atoms with E-state index in [9.17, 15) is 9.59 Å². The van der Waals surface area contributed by atoms with Gasteiger partial charge in [0, 0.05) is 36.7 Å². The molecule has 1 saturated heterocycles. The Hall–Kier alpha value is -3.41. The molecule has 1 N–H and O–H groups in total. The van der Waals surface area contributed by atoms with E-state index in [0.29, 0.717) is 13.1 Å². The van der Waals surface area contributed by atoms with Gasteiger partial charge in [0.1, 0.15) is 0 Å². The molecule has 1 unspecified atom stereocenters. The fourth-order valence-corrected chi connectivity index (χ4v) is 3.63. The van der Waals surface area contributed by atoms with E-state index in [2.05, 4.69) is 17.3 Å². The Labute approximate surface area is 170 Å². The predicted octanol–water partition coefficient (Wildman–Crippen LogP) is 3.49. The lowest BCUT2D eigenvalue weighted by atomic mass is 10.1. The van der Waals surface area contributed by atoms with Crippen molar-refractivity contribution in [3.8, 4) is 0 Å². The molecule has 4 rings (SSSR count). The summed E-state index contributed by atoms with van der Waals surface area (Å²) in [4.78, 5) is 27.1. The van der Waals surface area contributed by atoms with Crippen LogP contribution in [0.5, 0.6) is 0 Å². The van der Waals surface area contributed by atoms with E-state index < -0.39 is 0 Å². The van der Waals surface area contributed by atoms with Gasteiger partial charge < -0.3 is 10.2 Å². The highest BCUT2D eigenvalue weighted by Crippen LogP contribution is 2.27. The van der Waals surface area contributed by atoms with Crippen LogP contribution in [0.3, 0.4) is 0 Å². The van der Waals surface area contributed by atoms with Crippen LogP contribution in [-0.2, 0) is 22.6 Å². The Morgan fingerprint density at radius 3 is 2.66 bits per heavy atom. The first-order chi connectivity index (χ1) is 14.1. The summed E-state index contributed by atoms with van der Waals surface area (Å²) in [7, 11) is 0. The monoisotopic (exact) mass is 388 g/mol. The standard InChI is InChI=1S/C23H24N4O2/c1-2-17-8-10-20(11-9-17)27-16-19(14-22(27)28)23(29)25-21-7-4-3-6-18(21)15-26-13-5-12-24-26/h3-13,19H,2,14-16H2,1H3,(H,25,29). The summed E-state index contributed by atoms with van der Waals surface area (Å²) in [5.41, 5.74) is 3.80. The molecule has 1 aliphatic rings. The summed E-state index contributed by atoms with van der Waals surface area (Å²) in [6.45, 7) is 3.07. The van der Waals surface area contributed by atoms with Crippen molar-refractivity contribution in [1.82, 2.24) is 9.78 Å². The lowest BCUT2D eigenvalue weighted by Crippen LogP contribution is -2.28. The maximum Gasteiger partial charge on any atom is 0.229 e. The number of aromatic nitrogens is 2. The van der Waals surface area contributed by atoms with Crippen LogP contribution in [0.25, 0.3) is 0 Å². The number of amides is 2. The Bertz CT molecular complexity index is 996. The highest BCUT2D eigenvalue weighted by Gasteiger charge is 2.35. The predicted molar refractivity (Wildman–Crippen MR) is 113 cm³/mol. The van der Waals surface area contributed by atoms with Crippen LogP contribution < -0.4 is 10.2 Å². The van der Waals surface area contributed by atoms with E-state index in [1.807, 2.05) is 65.5 Å². The van der Waals surface area contributed by atoms with E-state index in [1.165, 1.54) is 5.56 Å². The third-order valence-electron chi connectivity index (χ3n) is 5.32. The van der Waals surface area contributed by atoms with E-state index in [0.717, 1.165) is 23.4 Å². The molecular weight excluding hydrogens is 364 g/mol. The van der Waals surface area contributed by atoms with Crippen molar-refractivity contribution in [1.29, 1.82) is 0 Å². The summed E-state index contributed by atoms with van der Waals surface area (Å²) in [5, 5.41) is 7.24. The minimum Gasteiger partial charge on any atom is -0.325 e. The zero-order valence-electron chi connectivity index (χ0n) is 16.4. The molecule has 1 fully saturated rings. The van der Waals surface area contributed by atoms with Gasteiger partial charge in [-0.2, -0.15) is 5.10 Å². The summed E-state index contributed by atoms with van der Waals surface area (Å²) >= 11 is 0. The molecule has 0 bridgehead atoms. The Morgan fingerprint density at radius 2 is 1.93 bits per heavy atom. The maximum absolute atomic E-state index is 12.9. The van der Waals surface area contributed by atoms with Crippen molar-refractivity contribution in [2.24, 2.45) is 5.92 Å². The number of benzene rings is 2. The van der Waals surface area contributed by atoms with Gasteiger partial charge >= 0.3 is 0 Å². The second-order valence-electron chi connectivity index (χ2n) is 7.28. The first kappa shape index (κ1) is 18.9. The minimum absolute atomic E-state index is 0.0146. The van der Waals surface area contributed by atoms with Gasteiger partial charge in [-0.15, -0.1) is 0 Å². The molecule has 2 amide bonds. The van der Waals surface area contributed by atoms with Gasteiger partial charge in [-0.05, 0) is 41.8 Å². The minimum atomic E-state index is -0.369. The van der Waals surface area contributed by atoms with Gasteiger partial charge in [-0.25, -0.2) is 0 Å². The van der Waals surface area contributed by atoms with E-state index in [1.54, 1.807) is 11.1 Å². The summed E-state index contributed by atoms with van der Waals surface area (Å²) in [6.07, 6.45) is 4.79. The zero-order valence-corrected chi connectivity index (χ0v) is 16.4.